The zero-order valence-electron chi connectivity index (χ0n) is 23.0. The van der Waals surface area contributed by atoms with Gasteiger partial charge in [0.05, 0.1) is 32.3 Å². The van der Waals surface area contributed by atoms with Gasteiger partial charge in [0.2, 0.25) is 5.91 Å². The first-order valence-corrected chi connectivity index (χ1v) is 16.6. The second-order valence-electron chi connectivity index (χ2n) is 11.6. The summed E-state index contributed by atoms with van der Waals surface area (Å²) in [6.45, 7) is 10.6. The molecule has 3 aromatic carbocycles. The highest BCUT2D eigenvalue weighted by molar-refractivity contribution is 6.78. The van der Waals surface area contributed by atoms with E-state index in [0.717, 1.165) is 39.8 Å². The molecule has 198 valence electrons. The topological polar surface area (TPSA) is 87.3 Å². The van der Waals surface area contributed by atoms with Crippen molar-refractivity contribution in [3.63, 3.8) is 0 Å². The zero-order valence-corrected chi connectivity index (χ0v) is 24.0. The third-order valence-electron chi connectivity index (χ3n) is 7.59. The fraction of sp³-hybridized carbons (Fsp3) is 0.367. The minimum atomic E-state index is -1.69. The number of carbonyl (C=O) groups is 2. The van der Waals surface area contributed by atoms with Crippen LogP contribution in [-0.2, 0) is 9.53 Å². The van der Waals surface area contributed by atoms with Crippen molar-refractivity contribution in [3.05, 3.63) is 66.0 Å². The van der Waals surface area contributed by atoms with Crippen molar-refractivity contribution in [1.82, 2.24) is 20.2 Å². The summed E-state index contributed by atoms with van der Waals surface area (Å²) in [6, 6.07) is 19.4. The molecule has 0 spiro atoms. The van der Waals surface area contributed by atoms with Crippen molar-refractivity contribution in [2.75, 3.05) is 13.3 Å². The Bertz CT molecular complexity index is 1510. The summed E-state index contributed by atoms with van der Waals surface area (Å²) in [5.74, 6) is 0.651. The van der Waals surface area contributed by atoms with Crippen LogP contribution in [0.2, 0.25) is 19.1 Å². The number of hydrogen-bond acceptors (Lipinski definition) is 4. The first kappa shape index (κ1) is 26.0. The van der Waals surface area contributed by atoms with Gasteiger partial charge < -0.3 is 19.9 Å². The Morgan fingerprint density at radius 1 is 1.08 bits per heavy atom. The fourth-order valence-corrected chi connectivity index (χ4v) is 8.42. The van der Waals surface area contributed by atoms with E-state index in [-0.39, 0.29) is 17.9 Å². The molecule has 2 atom stereocenters. The first-order chi connectivity index (χ1) is 18.1. The van der Waals surface area contributed by atoms with Crippen molar-refractivity contribution in [2.45, 2.75) is 52.0 Å². The third-order valence-corrected chi connectivity index (χ3v) is 10.3. The fourth-order valence-electron chi connectivity index (χ4n) is 5.54. The van der Waals surface area contributed by atoms with Gasteiger partial charge in [0.15, 0.2) is 0 Å². The Hall–Kier alpha value is -3.65. The third kappa shape index (κ3) is 4.92. The van der Waals surface area contributed by atoms with Crippen LogP contribution in [-0.4, -0.2) is 54.3 Å². The summed E-state index contributed by atoms with van der Waals surface area (Å²) in [4.78, 5) is 36.3. The quantitative estimate of drug-likeness (QED) is 0.302. The molecule has 4 aromatic rings. The molecule has 2 amide bonds. The maximum Gasteiger partial charge on any atom is 0.407 e. The molecule has 1 fully saturated rings. The molecule has 0 saturated carbocycles. The van der Waals surface area contributed by atoms with Gasteiger partial charge >= 0.3 is 6.09 Å². The minimum absolute atomic E-state index is 0.0741. The number of carbonyl (C=O) groups excluding carboxylic acids is 2. The largest absolute Gasteiger partial charge is 0.453 e. The van der Waals surface area contributed by atoms with Crippen LogP contribution < -0.4 is 5.32 Å². The first-order valence-electron chi connectivity index (χ1n) is 13.2. The van der Waals surface area contributed by atoms with Crippen molar-refractivity contribution < 1.29 is 14.3 Å². The number of methoxy groups -OCH3 is 1. The standard InChI is InChI=1S/C30H36N4O3Si/c1-18(2)26(33-30(36)37-4)29(35)34-17-38(5,6)16-25(34)28-31-24-14-12-22-15-21(11-13-23(22)27(24)32-28)20-9-7-19(3)8-10-20/h7-15,18,25-26H,16-17H2,1-6H3,(H,31,32)(H,33,36)/t25-,26-/m0/s1. The van der Waals surface area contributed by atoms with E-state index in [4.69, 9.17) is 9.72 Å². The van der Waals surface area contributed by atoms with Gasteiger partial charge in [-0.1, -0.05) is 75.0 Å². The van der Waals surface area contributed by atoms with Crippen molar-refractivity contribution >= 4 is 41.9 Å². The van der Waals surface area contributed by atoms with Gasteiger partial charge in [-0.3, -0.25) is 4.79 Å². The van der Waals surface area contributed by atoms with E-state index in [1.165, 1.54) is 23.8 Å². The van der Waals surface area contributed by atoms with E-state index >= 15 is 0 Å². The van der Waals surface area contributed by atoms with Gasteiger partial charge in [-0.15, -0.1) is 0 Å². The number of H-pyrrole nitrogens is 1. The van der Waals surface area contributed by atoms with Crippen LogP contribution in [0.25, 0.3) is 32.9 Å². The summed E-state index contributed by atoms with van der Waals surface area (Å²) in [7, 11) is -0.377. The Morgan fingerprint density at radius 2 is 1.79 bits per heavy atom. The number of hydrogen-bond donors (Lipinski definition) is 2. The molecular formula is C30H36N4O3Si. The number of nitrogens with zero attached hydrogens (tertiary/aromatic N) is 2. The van der Waals surface area contributed by atoms with Crippen LogP contribution in [0.3, 0.4) is 0 Å². The monoisotopic (exact) mass is 528 g/mol. The molecule has 0 unspecified atom stereocenters. The molecule has 8 heteroatoms. The number of fused-ring (bicyclic) bond motifs is 3. The summed E-state index contributed by atoms with van der Waals surface area (Å²) in [5.41, 5.74) is 5.49. The Kier molecular flexibility index (Phi) is 6.77. The molecule has 1 aliphatic rings. The number of rotatable bonds is 5. The molecule has 1 aromatic heterocycles. The minimum Gasteiger partial charge on any atom is -0.453 e. The smallest absolute Gasteiger partial charge is 0.407 e. The molecule has 2 N–H and O–H groups in total. The van der Waals surface area contributed by atoms with Crippen LogP contribution in [0, 0.1) is 12.8 Å². The lowest BCUT2D eigenvalue weighted by molar-refractivity contribution is -0.135. The van der Waals surface area contributed by atoms with Crippen molar-refractivity contribution in [3.8, 4) is 11.1 Å². The molecule has 7 nitrogen and oxygen atoms in total. The van der Waals surface area contributed by atoms with E-state index < -0.39 is 20.2 Å². The second-order valence-corrected chi connectivity index (χ2v) is 16.6. The Balaban J connectivity index is 1.51. The lowest BCUT2D eigenvalue weighted by Crippen LogP contribution is -2.52. The highest BCUT2D eigenvalue weighted by atomic mass is 28.3. The van der Waals surface area contributed by atoms with Crippen LogP contribution >= 0.6 is 0 Å². The molecule has 0 aliphatic carbocycles. The maximum atomic E-state index is 13.8. The van der Waals surface area contributed by atoms with Crippen molar-refractivity contribution in [2.24, 2.45) is 5.92 Å². The average Bonchev–Trinajstić information content (AvgIpc) is 3.47. The summed E-state index contributed by atoms with van der Waals surface area (Å²) < 4.78 is 4.79. The van der Waals surface area contributed by atoms with Gasteiger partial charge in [-0.25, -0.2) is 9.78 Å². The Morgan fingerprint density at radius 3 is 2.47 bits per heavy atom. The highest BCUT2D eigenvalue weighted by Crippen LogP contribution is 2.39. The molecule has 2 heterocycles. The lowest BCUT2D eigenvalue weighted by atomic mass is 10.00. The number of aryl methyl sites for hydroxylation is 1. The number of benzene rings is 3. The zero-order chi connectivity index (χ0) is 27.2. The number of nitrogens with one attached hydrogen (secondary N) is 2. The number of alkyl carbamates (subject to hydrolysis) is 1. The van der Waals surface area contributed by atoms with E-state index in [1.807, 2.05) is 18.7 Å². The number of ether oxygens (including phenoxy) is 1. The predicted molar refractivity (Wildman–Crippen MR) is 155 cm³/mol. The average molecular weight is 529 g/mol. The van der Waals surface area contributed by atoms with Gasteiger partial charge in [-0.05, 0) is 47.5 Å². The Labute approximate surface area is 224 Å². The van der Waals surface area contributed by atoms with Crippen LogP contribution in [0.4, 0.5) is 4.79 Å². The van der Waals surface area contributed by atoms with Gasteiger partial charge in [-0.2, -0.15) is 0 Å². The van der Waals surface area contributed by atoms with E-state index in [0.29, 0.717) is 0 Å². The normalized spacial score (nSPS) is 17.8. The number of imidazole rings is 1. The van der Waals surface area contributed by atoms with Crippen molar-refractivity contribution in [1.29, 1.82) is 0 Å². The van der Waals surface area contributed by atoms with E-state index in [9.17, 15) is 9.59 Å². The molecule has 38 heavy (non-hydrogen) atoms. The predicted octanol–water partition coefficient (Wildman–Crippen LogP) is 6.20. The molecule has 1 aliphatic heterocycles. The summed E-state index contributed by atoms with van der Waals surface area (Å²) in [6.07, 6.45) is 0.129. The summed E-state index contributed by atoms with van der Waals surface area (Å²) in [5, 5.41) is 5.00. The van der Waals surface area contributed by atoms with Gasteiger partial charge in [0.25, 0.3) is 0 Å². The van der Waals surface area contributed by atoms with Crippen LogP contribution in [0.5, 0.6) is 0 Å². The maximum absolute atomic E-state index is 13.8. The van der Waals surface area contributed by atoms with Crippen LogP contribution in [0.15, 0.2) is 54.6 Å². The summed E-state index contributed by atoms with van der Waals surface area (Å²) >= 11 is 0. The lowest BCUT2D eigenvalue weighted by Gasteiger charge is -2.30. The van der Waals surface area contributed by atoms with Gasteiger partial charge in [0, 0.05) is 11.6 Å². The SMILES string of the molecule is COC(=O)N[C@H](C(=O)N1C[Si](C)(C)C[C@H]1c1nc2ccc3cc(-c4ccc(C)cc4)ccc3c2[nH]1)C(C)C. The number of amides is 2. The van der Waals surface area contributed by atoms with Crippen LogP contribution in [0.1, 0.15) is 31.3 Å². The molecule has 0 radical (unpaired) electrons. The highest BCUT2D eigenvalue weighted by Gasteiger charge is 2.45. The second kappa shape index (κ2) is 9.91. The van der Waals surface area contributed by atoms with E-state index in [2.05, 4.69) is 84.9 Å². The molecule has 5 rings (SSSR count). The molecule has 1 saturated heterocycles. The number of aromatic nitrogens is 2. The van der Waals surface area contributed by atoms with E-state index in [1.54, 1.807) is 0 Å². The van der Waals surface area contributed by atoms with Gasteiger partial charge in [0.1, 0.15) is 11.9 Å². The number of aromatic amines is 1. The molecule has 0 bridgehead atoms. The molecular weight excluding hydrogens is 492 g/mol.